The molecule has 0 aliphatic heterocycles. The van der Waals surface area contributed by atoms with Crippen LogP contribution < -0.4 is 0 Å². The van der Waals surface area contributed by atoms with Gasteiger partial charge in [0.15, 0.2) is 12.2 Å². The minimum atomic E-state index is -5.03. The molecule has 5 unspecified atom stereocenters. The predicted molar refractivity (Wildman–Crippen MR) is 445 cm³/mol. The average molecular weight is 1540 g/mol. The number of allylic oxidation sites excluding steroid dienone is 33. The van der Waals surface area contributed by atoms with Crippen LogP contribution in [0.1, 0.15) is 272 Å². The summed E-state index contributed by atoms with van der Waals surface area (Å²) in [6, 6.07) is 0. The molecule has 0 saturated carbocycles. The summed E-state index contributed by atoms with van der Waals surface area (Å²) in [6.07, 6.45) is 98.4. The number of rotatable bonds is 73. The second-order valence-electron chi connectivity index (χ2n) is 25.9. The van der Waals surface area contributed by atoms with E-state index in [0.717, 1.165) is 167 Å². The molecule has 108 heavy (non-hydrogen) atoms. The molecular formula is C89H140O17P2. The van der Waals surface area contributed by atoms with E-state index in [1.54, 1.807) is 12.2 Å². The Hall–Kier alpha value is -6.36. The first kappa shape index (κ1) is 102. The van der Waals surface area contributed by atoms with E-state index in [1.165, 1.54) is 19.3 Å². The first-order valence-electron chi connectivity index (χ1n) is 40.3. The molecule has 0 rings (SSSR count). The summed E-state index contributed by atoms with van der Waals surface area (Å²) >= 11 is 0. The minimum Gasteiger partial charge on any atom is -0.462 e. The lowest BCUT2D eigenvalue weighted by Crippen LogP contribution is -2.30. The van der Waals surface area contributed by atoms with Gasteiger partial charge in [-0.3, -0.25) is 37.3 Å². The lowest BCUT2D eigenvalue weighted by molar-refractivity contribution is -0.161. The number of carbonyl (C=O) groups is 4. The summed E-state index contributed by atoms with van der Waals surface area (Å²) in [5, 5.41) is 10.6. The number of aliphatic hydroxyl groups is 1. The summed E-state index contributed by atoms with van der Waals surface area (Å²) in [7, 11) is -10.0. The van der Waals surface area contributed by atoms with Crippen molar-refractivity contribution in [1.82, 2.24) is 0 Å². The Morgan fingerprint density at radius 2 is 0.519 bits per heavy atom. The normalized spacial score (nSPS) is 14.9. The van der Waals surface area contributed by atoms with Gasteiger partial charge < -0.3 is 33.8 Å². The number of hydrogen-bond donors (Lipinski definition) is 3. The van der Waals surface area contributed by atoms with E-state index in [1.807, 2.05) is 12.2 Å². The molecule has 0 radical (unpaired) electrons. The monoisotopic (exact) mass is 1540 g/mol. The summed E-state index contributed by atoms with van der Waals surface area (Å²) in [6.45, 7) is 4.25. The van der Waals surface area contributed by atoms with Gasteiger partial charge in [-0.15, -0.1) is 0 Å². The van der Waals surface area contributed by atoms with Crippen molar-refractivity contribution in [3.63, 3.8) is 0 Å². The Kier molecular flexibility index (Phi) is 74.1. The van der Waals surface area contributed by atoms with Gasteiger partial charge in [0.05, 0.1) is 32.8 Å². The Bertz CT molecular complexity index is 2860. The second-order valence-corrected chi connectivity index (χ2v) is 28.8. The lowest BCUT2D eigenvalue weighted by Gasteiger charge is -2.21. The molecule has 0 bridgehead atoms. The Balaban J connectivity index is 5.52. The maximum Gasteiger partial charge on any atom is 0.472 e. The van der Waals surface area contributed by atoms with Crippen molar-refractivity contribution < 1.29 is 80.2 Å². The summed E-state index contributed by atoms with van der Waals surface area (Å²) in [4.78, 5) is 73.0. The highest BCUT2D eigenvalue weighted by Gasteiger charge is 2.30. The SMILES string of the molecule is CC/C=C\C/C=C\C/C=C\C/C=C\C/C=C\CCCCCC(=O)OCC(COP(=O)(O)OCC(O)COP(=O)(O)OCC(COC(=O)CCCCCCCC/C=C\C/C=C\C/C=C\CCCCC)OC(=O)CCCC/C=C\C/C=C\C/C=C\C/C=C\CC)OC(=O)C/C=C\C/C=C\C/C=C\C/C=C\C/C=C\CC. The third kappa shape index (κ3) is 77.8. The van der Waals surface area contributed by atoms with Gasteiger partial charge >= 0.3 is 39.5 Å². The van der Waals surface area contributed by atoms with Crippen molar-refractivity contribution in [2.45, 2.75) is 290 Å². The Morgan fingerprint density at radius 3 is 0.852 bits per heavy atom. The molecule has 0 fully saturated rings. The number of ether oxygens (including phenoxy) is 4. The van der Waals surface area contributed by atoms with Crippen LogP contribution >= 0.6 is 15.6 Å². The molecular weight excluding hydrogens is 1400 g/mol. The quantitative estimate of drug-likeness (QED) is 0.0169. The van der Waals surface area contributed by atoms with Crippen LogP contribution in [0.2, 0.25) is 0 Å². The van der Waals surface area contributed by atoms with E-state index in [-0.39, 0.29) is 25.7 Å². The highest BCUT2D eigenvalue weighted by Crippen LogP contribution is 2.45. The first-order valence-corrected chi connectivity index (χ1v) is 43.3. The molecule has 17 nitrogen and oxygen atoms in total. The van der Waals surface area contributed by atoms with E-state index in [0.29, 0.717) is 32.1 Å². The zero-order valence-corrected chi connectivity index (χ0v) is 68.2. The van der Waals surface area contributed by atoms with Gasteiger partial charge in [0.25, 0.3) is 0 Å². The highest BCUT2D eigenvalue weighted by atomic mass is 31.2. The summed E-state index contributed by atoms with van der Waals surface area (Å²) < 4.78 is 68.4. The fourth-order valence-electron chi connectivity index (χ4n) is 9.73. The van der Waals surface area contributed by atoms with E-state index in [4.69, 9.17) is 37.0 Å². The number of hydrogen-bond acceptors (Lipinski definition) is 15. The molecule has 0 aliphatic carbocycles. The lowest BCUT2D eigenvalue weighted by atomic mass is 10.1. The Morgan fingerprint density at radius 1 is 0.278 bits per heavy atom. The second kappa shape index (κ2) is 78.8. The van der Waals surface area contributed by atoms with Crippen molar-refractivity contribution in [2.24, 2.45) is 0 Å². The maximum absolute atomic E-state index is 13.1. The predicted octanol–water partition coefficient (Wildman–Crippen LogP) is 23.9. The third-order valence-electron chi connectivity index (χ3n) is 15.8. The molecule has 0 aromatic rings. The van der Waals surface area contributed by atoms with Crippen LogP contribution in [0.5, 0.6) is 0 Å². The van der Waals surface area contributed by atoms with Gasteiger partial charge in [0.2, 0.25) is 0 Å². The van der Waals surface area contributed by atoms with Crippen molar-refractivity contribution in [1.29, 1.82) is 0 Å². The van der Waals surface area contributed by atoms with E-state index in [2.05, 4.69) is 210 Å². The van der Waals surface area contributed by atoms with Crippen LogP contribution in [0, 0.1) is 0 Å². The van der Waals surface area contributed by atoms with Gasteiger partial charge in [0.1, 0.15) is 19.3 Å². The van der Waals surface area contributed by atoms with Crippen molar-refractivity contribution in [3.8, 4) is 0 Å². The van der Waals surface area contributed by atoms with Crippen LogP contribution in [0.25, 0.3) is 0 Å². The van der Waals surface area contributed by atoms with Crippen LogP contribution in [-0.4, -0.2) is 96.7 Å². The summed E-state index contributed by atoms with van der Waals surface area (Å²) in [5.74, 6) is -2.45. The van der Waals surface area contributed by atoms with E-state index >= 15 is 0 Å². The number of phosphoric ester groups is 2. The van der Waals surface area contributed by atoms with Crippen LogP contribution in [-0.2, 0) is 65.4 Å². The fourth-order valence-corrected chi connectivity index (χ4v) is 11.3. The largest absolute Gasteiger partial charge is 0.472 e. The molecule has 0 aromatic carbocycles. The first-order chi connectivity index (χ1) is 52.7. The van der Waals surface area contributed by atoms with Crippen molar-refractivity contribution >= 4 is 39.5 Å². The summed E-state index contributed by atoms with van der Waals surface area (Å²) in [5.41, 5.74) is 0. The minimum absolute atomic E-state index is 0.0280. The molecule has 608 valence electrons. The van der Waals surface area contributed by atoms with Gasteiger partial charge in [-0.25, -0.2) is 9.13 Å². The van der Waals surface area contributed by atoms with E-state index in [9.17, 15) is 43.2 Å². The molecule has 19 heteroatoms. The average Bonchev–Trinajstić information content (AvgIpc) is 0.923. The Labute approximate surface area is 652 Å². The number of carbonyl (C=O) groups excluding carboxylic acids is 4. The van der Waals surface area contributed by atoms with Gasteiger partial charge in [-0.2, -0.15) is 0 Å². The zero-order chi connectivity index (χ0) is 78.9. The maximum atomic E-state index is 13.1. The standard InChI is InChI=1S/C89H140O17P2/c1-5-9-13-17-21-25-29-33-37-39-41-43-47-49-53-57-61-65-69-73-86(91)99-79-84(105-88(93)75-71-67-63-59-55-51-45-35-31-27-23-19-15-11-7-3)81-103-107(95,96)101-77-83(90)78-102-108(97,98)104-82-85(106-89(94)76-72-68-64-60-56-52-46-36-32-28-24-20-16-12-8-4)80-100-87(92)74-70-66-62-58-54-50-48-44-42-40-38-34-30-26-22-18-14-10-6-2/h9,11-13,15-16,21-28,33-38,41-46,49,53,55-56,59-60,67,71,83-85,90H,5-8,10,14,17-20,29-32,39-40,47-48,50-52,54,57-58,61-66,68-70,72-82H2,1-4H3,(H,95,96)(H,97,98)/b13-9-,15-11-,16-12-,25-21-,26-22-,27-23-,28-24-,37-33-,38-34-,43-41-,44-42-,45-35-,46-36-,53-49-,59-55-,60-56-,71-67-. The van der Waals surface area contributed by atoms with Crippen LogP contribution in [0.4, 0.5) is 0 Å². The molecule has 0 saturated heterocycles. The third-order valence-corrected chi connectivity index (χ3v) is 17.7. The van der Waals surface area contributed by atoms with Gasteiger partial charge in [0, 0.05) is 19.3 Å². The fraction of sp³-hybridized carbons (Fsp3) is 0.573. The smallest absolute Gasteiger partial charge is 0.462 e. The van der Waals surface area contributed by atoms with Crippen molar-refractivity contribution in [2.75, 3.05) is 39.6 Å². The number of esters is 4. The topological polar surface area (TPSA) is 237 Å². The van der Waals surface area contributed by atoms with Gasteiger partial charge in [-0.1, -0.05) is 279 Å². The molecule has 3 N–H and O–H groups in total. The number of aliphatic hydroxyl groups excluding tert-OH is 1. The molecule has 0 aliphatic rings. The molecule has 0 heterocycles. The number of phosphoric acid groups is 2. The van der Waals surface area contributed by atoms with Gasteiger partial charge in [-0.05, 0) is 173 Å². The van der Waals surface area contributed by atoms with Crippen molar-refractivity contribution in [3.05, 3.63) is 207 Å². The molecule has 5 atom stereocenters. The van der Waals surface area contributed by atoms with Crippen LogP contribution in [0.15, 0.2) is 207 Å². The zero-order valence-electron chi connectivity index (χ0n) is 66.4. The highest BCUT2D eigenvalue weighted by molar-refractivity contribution is 7.47. The number of unbranched alkanes of at least 4 members (excludes halogenated alkanes) is 14. The molecule has 0 spiro atoms. The van der Waals surface area contributed by atoms with E-state index < -0.39 is 97.5 Å². The van der Waals surface area contributed by atoms with Crippen LogP contribution in [0.3, 0.4) is 0 Å². The molecule has 0 amide bonds. The molecule has 0 aromatic heterocycles.